The maximum atomic E-state index is 11.2. The van der Waals surface area contributed by atoms with Gasteiger partial charge in [-0.05, 0) is 68.0 Å². The van der Waals surface area contributed by atoms with Crippen molar-refractivity contribution in [3.8, 4) is 0 Å². The molecule has 0 bridgehead atoms. The SMILES string of the molecule is CC(=O)c1ccc(NCCCCCCCCC=Cc2cccs2)cc1. The van der Waals surface area contributed by atoms with E-state index in [0.717, 1.165) is 17.8 Å². The predicted octanol–water partition coefficient (Wildman–Crippen LogP) is 6.81. The average Bonchev–Trinajstić information content (AvgIpc) is 3.13. The number of carbonyl (C=O) groups excluding carboxylic acids is 1. The third kappa shape index (κ3) is 8.17. The zero-order valence-electron chi connectivity index (χ0n) is 15.2. The highest BCUT2D eigenvalue weighted by molar-refractivity contribution is 7.10. The summed E-state index contributed by atoms with van der Waals surface area (Å²) in [7, 11) is 0. The van der Waals surface area contributed by atoms with E-state index in [9.17, 15) is 4.79 Å². The lowest BCUT2D eigenvalue weighted by atomic mass is 10.1. The van der Waals surface area contributed by atoms with Gasteiger partial charge in [-0.1, -0.05) is 37.8 Å². The molecule has 1 heterocycles. The molecule has 0 amide bonds. The number of anilines is 1. The molecule has 0 fully saturated rings. The van der Waals surface area contributed by atoms with Gasteiger partial charge in [0, 0.05) is 22.7 Å². The minimum Gasteiger partial charge on any atom is -0.385 e. The predicted molar refractivity (Wildman–Crippen MR) is 111 cm³/mol. The summed E-state index contributed by atoms with van der Waals surface area (Å²) in [5, 5.41) is 5.54. The van der Waals surface area contributed by atoms with Crippen LogP contribution < -0.4 is 5.32 Å². The van der Waals surface area contributed by atoms with Crippen molar-refractivity contribution in [2.75, 3.05) is 11.9 Å². The van der Waals surface area contributed by atoms with Crippen LogP contribution in [0.15, 0.2) is 47.9 Å². The summed E-state index contributed by atoms with van der Waals surface area (Å²) in [6.07, 6.45) is 13.5. The van der Waals surface area contributed by atoms with Gasteiger partial charge < -0.3 is 5.32 Å². The molecule has 0 radical (unpaired) electrons. The number of hydrogen-bond donors (Lipinski definition) is 1. The van der Waals surface area contributed by atoms with Crippen LogP contribution in [0.1, 0.15) is 67.1 Å². The molecule has 0 aliphatic rings. The standard InChI is InChI=1S/C22H29NOS/c1-19(24)20-13-15-21(16-14-20)23-17-9-7-5-3-2-4-6-8-11-22-12-10-18-25-22/h8,10-16,18,23H,2-7,9,17H2,1H3. The molecule has 0 saturated heterocycles. The number of nitrogens with one attached hydrogen (secondary N) is 1. The second kappa shape index (κ2) is 11.6. The van der Waals surface area contributed by atoms with Crippen molar-refractivity contribution < 1.29 is 4.79 Å². The molecular weight excluding hydrogens is 326 g/mol. The topological polar surface area (TPSA) is 29.1 Å². The molecule has 134 valence electrons. The fraction of sp³-hybridized carbons (Fsp3) is 0.409. The Morgan fingerprint density at radius 3 is 2.40 bits per heavy atom. The van der Waals surface area contributed by atoms with Crippen molar-refractivity contribution >= 4 is 28.9 Å². The number of Topliss-reactive ketones (excluding diaryl/α,β-unsaturated/α-hetero) is 1. The summed E-state index contributed by atoms with van der Waals surface area (Å²) in [5.74, 6) is 0.119. The molecule has 0 unspecified atom stereocenters. The van der Waals surface area contributed by atoms with Crippen LogP contribution in [0.5, 0.6) is 0 Å². The van der Waals surface area contributed by atoms with Crippen LogP contribution in [0.4, 0.5) is 5.69 Å². The Bertz CT molecular complexity index is 629. The van der Waals surface area contributed by atoms with Crippen LogP contribution in [0.3, 0.4) is 0 Å². The molecule has 0 spiro atoms. The number of thiophene rings is 1. The molecule has 25 heavy (non-hydrogen) atoms. The molecule has 1 aromatic carbocycles. The van der Waals surface area contributed by atoms with E-state index >= 15 is 0 Å². The lowest BCUT2D eigenvalue weighted by Gasteiger charge is -2.07. The van der Waals surface area contributed by atoms with Gasteiger partial charge in [0.1, 0.15) is 0 Å². The molecule has 0 aliphatic heterocycles. The Balaban J connectivity index is 1.42. The largest absolute Gasteiger partial charge is 0.385 e. The van der Waals surface area contributed by atoms with E-state index in [1.54, 1.807) is 18.3 Å². The fourth-order valence-corrected chi connectivity index (χ4v) is 3.38. The zero-order valence-corrected chi connectivity index (χ0v) is 16.0. The van der Waals surface area contributed by atoms with Crippen molar-refractivity contribution in [3.63, 3.8) is 0 Å². The Kier molecular flexibility index (Phi) is 9.06. The van der Waals surface area contributed by atoms with E-state index in [1.807, 2.05) is 24.3 Å². The number of ketones is 1. The van der Waals surface area contributed by atoms with E-state index in [2.05, 4.69) is 35.0 Å². The van der Waals surface area contributed by atoms with Crippen molar-refractivity contribution in [1.29, 1.82) is 0 Å². The zero-order chi connectivity index (χ0) is 17.7. The van der Waals surface area contributed by atoms with Gasteiger partial charge in [0.05, 0.1) is 0 Å². The van der Waals surface area contributed by atoms with Crippen LogP contribution in [-0.2, 0) is 0 Å². The first kappa shape index (κ1) is 19.5. The van der Waals surface area contributed by atoms with E-state index < -0.39 is 0 Å². The van der Waals surface area contributed by atoms with E-state index in [0.29, 0.717) is 0 Å². The van der Waals surface area contributed by atoms with Gasteiger partial charge >= 0.3 is 0 Å². The van der Waals surface area contributed by atoms with Gasteiger partial charge in [0.25, 0.3) is 0 Å². The van der Waals surface area contributed by atoms with Gasteiger partial charge in [0.15, 0.2) is 5.78 Å². The number of hydrogen-bond acceptors (Lipinski definition) is 3. The van der Waals surface area contributed by atoms with Gasteiger partial charge in [-0.3, -0.25) is 4.79 Å². The lowest BCUT2D eigenvalue weighted by Crippen LogP contribution is -2.01. The number of benzene rings is 1. The molecule has 1 aromatic heterocycles. The summed E-state index contributed by atoms with van der Waals surface area (Å²) in [6, 6.07) is 12.0. The maximum Gasteiger partial charge on any atom is 0.159 e. The first-order valence-corrected chi connectivity index (χ1v) is 10.2. The van der Waals surface area contributed by atoms with E-state index in [4.69, 9.17) is 0 Å². The third-order valence-corrected chi connectivity index (χ3v) is 5.08. The molecule has 0 atom stereocenters. The molecule has 2 nitrogen and oxygen atoms in total. The van der Waals surface area contributed by atoms with Crippen LogP contribution in [0.2, 0.25) is 0 Å². The number of rotatable bonds is 12. The van der Waals surface area contributed by atoms with Crippen LogP contribution in [-0.4, -0.2) is 12.3 Å². The highest BCUT2D eigenvalue weighted by Gasteiger charge is 1.98. The van der Waals surface area contributed by atoms with E-state index in [1.165, 1.54) is 49.8 Å². The van der Waals surface area contributed by atoms with Gasteiger partial charge in [-0.25, -0.2) is 0 Å². The quantitative estimate of drug-likeness (QED) is 0.335. The number of carbonyl (C=O) groups is 1. The van der Waals surface area contributed by atoms with Crippen molar-refractivity contribution in [2.24, 2.45) is 0 Å². The first-order valence-electron chi connectivity index (χ1n) is 9.30. The highest BCUT2D eigenvalue weighted by Crippen LogP contribution is 2.13. The van der Waals surface area contributed by atoms with Crippen LogP contribution in [0.25, 0.3) is 6.08 Å². The van der Waals surface area contributed by atoms with Gasteiger partial charge in [0.2, 0.25) is 0 Å². The minimum atomic E-state index is 0.119. The monoisotopic (exact) mass is 355 g/mol. The van der Waals surface area contributed by atoms with Gasteiger partial charge in [-0.2, -0.15) is 0 Å². The Hall–Kier alpha value is -1.87. The summed E-state index contributed by atoms with van der Waals surface area (Å²) < 4.78 is 0. The smallest absolute Gasteiger partial charge is 0.159 e. The van der Waals surface area contributed by atoms with Crippen molar-refractivity contribution in [1.82, 2.24) is 0 Å². The van der Waals surface area contributed by atoms with Crippen molar-refractivity contribution in [2.45, 2.75) is 51.9 Å². The molecule has 3 heteroatoms. The molecule has 1 N–H and O–H groups in total. The fourth-order valence-electron chi connectivity index (χ4n) is 2.74. The Labute approximate surface area is 156 Å². The molecule has 0 saturated carbocycles. The first-order chi connectivity index (χ1) is 12.3. The summed E-state index contributed by atoms with van der Waals surface area (Å²) in [5.41, 5.74) is 1.87. The number of allylic oxidation sites excluding steroid dienone is 1. The molecular formula is C22H29NOS. The second-order valence-corrected chi connectivity index (χ2v) is 7.37. The summed E-state index contributed by atoms with van der Waals surface area (Å²) in [4.78, 5) is 12.6. The molecule has 2 aromatic rings. The lowest BCUT2D eigenvalue weighted by molar-refractivity contribution is 0.101. The summed E-state index contributed by atoms with van der Waals surface area (Å²) >= 11 is 1.79. The van der Waals surface area contributed by atoms with E-state index in [-0.39, 0.29) is 5.78 Å². The number of unbranched alkanes of at least 4 members (excludes halogenated alkanes) is 6. The summed E-state index contributed by atoms with van der Waals surface area (Å²) in [6.45, 7) is 2.60. The minimum absolute atomic E-state index is 0.119. The average molecular weight is 356 g/mol. The van der Waals surface area contributed by atoms with Crippen LogP contribution >= 0.6 is 11.3 Å². The van der Waals surface area contributed by atoms with Crippen LogP contribution in [0, 0.1) is 0 Å². The normalized spacial score (nSPS) is 11.1. The maximum absolute atomic E-state index is 11.2. The highest BCUT2D eigenvalue weighted by atomic mass is 32.1. The van der Waals surface area contributed by atoms with Gasteiger partial charge in [-0.15, -0.1) is 11.3 Å². The third-order valence-electron chi connectivity index (χ3n) is 4.24. The van der Waals surface area contributed by atoms with Crippen molar-refractivity contribution in [3.05, 3.63) is 58.3 Å². The molecule has 0 aliphatic carbocycles. The Morgan fingerprint density at radius 2 is 1.72 bits per heavy atom. The second-order valence-electron chi connectivity index (χ2n) is 6.39. The molecule has 2 rings (SSSR count). The Morgan fingerprint density at radius 1 is 1.00 bits per heavy atom.